The van der Waals surface area contributed by atoms with Crippen molar-refractivity contribution in [2.24, 2.45) is 0 Å². The second-order valence-corrected chi connectivity index (χ2v) is 1.40. The van der Waals surface area contributed by atoms with Gasteiger partial charge in [0.25, 0.3) is 5.78 Å². The van der Waals surface area contributed by atoms with Gasteiger partial charge in [-0.3, -0.25) is 4.79 Å². The van der Waals surface area contributed by atoms with Crippen molar-refractivity contribution in [1.82, 2.24) is 0 Å². The highest BCUT2D eigenvalue weighted by Gasteiger charge is 2.29. The number of rotatable bonds is 2. The summed E-state index contributed by atoms with van der Waals surface area (Å²) in [5.74, 6) is -4.26. The van der Waals surface area contributed by atoms with Gasteiger partial charge in [0.2, 0.25) is 0 Å². The molecule has 0 fully saturated rings. The molecule has 0 aliphatic carbocycles. The molecule has 52 valence electrons. The zero-order valence-electron chi connectivity index (χ0n) is 9.29. The number of Topliss-reactive ketones (excluding diaryl/α,β-unsaturated/α-hetero) is 1. The quantitative estimate of drug-likeness (QED) is 0.395. The molecule has 0 bridgehead atoms. The number of hydrogen-bond acceptors (Lipinski definition) is 3. The van der Waals surface area contributed by atoms with Gasteiger partial charge in [-0.25, -0.2) is 4.79 Å². The summed E-state index contributed by atoms with van der Waals surface area (Å²) in [5.41, 5.74) is -3.49. The van der Waals surface area contributed by atoms with Gasteiger partial charge in [-0.1, -0.05) is 0 Å². The van der Waals surface area contributed by atoms with Crippen molar-refractivity contribution in [3.63, 3.8) is 0 Å². The number of carboxylic acid groups (broad SMARTS) is 1. The molecule has 2 N–H and O–H groups in total. The molecule has 0 aromatic carbocycles. The molecule has 0 amide bonds. The summed E-state index contributed by atoms with van der Waals surface area (Å²) in [5, 5.41) is 17.4. The zero-order chi connectivity index (χ0) is 11.7. The maximum Gasteiger partial charge on any atom is 0.375 e. The van der Waals surface area contributed by atoms with Crippen LogP contribution in [0, 0.1) is 0 Å². The number of aliphatic carboxylic acids is 1. The first-order chi connectivity index (χ1) is 6.05. The van der Waals surface area contributed by atoms with Crippen molar-refractivity contribution in [2.75, 3.05) is 0 Å². The van der Waals surface area contributed by atoms with E-state index in [1.165, 1.54) is 0 Å². The average molecular weight is 138 g/mol. The SMILES string of the molecule is [2H][13CH]([2H])C(O)(C(=O)C(=O)O)C([2H])([2H])[2H]. The van der Waals surface area contributed by atoms with E-state index in [0.29, 0.717) is 0 Å². The molecule has 0 radical (unpaired) electrons. The molecule has 0 rings (SSSR count). The Kier molecular flexibility index (Phi) is 0.664. The second-order valence-electron chi connectivity index (χ2n) is 1.40. The van der Waals surface area contributed by atoms with E-state index in [4.69, 9.17) is 12.0 Å². The summed E-state index contributed by atoms with van der Waals surface area (Å²) in [6.45, 7) is -5.92. The van der Waals surface area contributed by atoms with E-state index in [-0.39, 0.29) is 0 Å². The summed E-state index contributed by atoms with van der Waals surface area (Å²) >= 11 is 0. The molecule has 0 aromatic rings. The molecule has 0 saturated heterocycles. The van der Waals surface area contributed by atoms with Gasteiger partial charge < -0.3 is 10.2 Å². The molecule has 0 aliphatic heterocycles. The van der Waals surface area contributed by atoms with Gasteiger partial charge in [0, 0.05) is 6.85 Å². The van der Waals surface area contributed by atoms with Gasteiger partial charge in [0.15, 0.2) is 0 Å². The summed E-state index contributed by atoms with van der Waals surface area (Å²) in [4.78, 5) is 21.0. The molecule has 0 saturated carbocycles. The molecule has 0 aliphatic rings. The van der Waals surface area contributed by atoms with Crippen LogP contribution in [0.5, 0.6) is 0 Å². The number of carbonyl (C=O) groups is 2. The molecular weight excluding hydrogens is 125 g/mol. The van der Waals surface area contributed by atoms with E-state index in [1.807, 2.05) is 0 Å². The summed E-state index contributed by atoms with van der Waals surface area (Å²) in [6, 6.07) is 0. The van der Waals surface area contributed by atoms with Gasteiger partial charge in [-0.05, 0) is 13.7 Å². The highest BCUT2D eigenvalue weighted by atomic mass is 16.4. The van der Waals surface area contributed by atoms with Crippen LogP contribution in [0.2, 0.25) is 0 Å². The minimum absolute atomic E-state index is 2.08. The topological polar surface area (TPSA) is 74.6 Å². The summed E-state index contributed by atoms with van der Waals surface area (Å²) < 4.78 is 33.5. The van der Waals surface area contributed by atoms with Gasteiger partial charge in [-0.15, -0.1) is 0 Å². The van der Waals surface area contributed by atoms with Crippen LogP contribution in [0.25, 0.3) is 0 Å². The molecule has 0 heterocycles. The Morgan fingerprint density at radius 1 is 1.67 bits per heavy atom. The van der Waals surface area contributed by atoms with Gasteiger partial charge in [0.1, 0.15) is 5.60 Å². The predicted octanol–water partition coefficient (Wildman–Crippen LogP) is -0.589. The van der Waals surface area contributed by atoms with Crippen LogP contribution in [0.4, 0.5) is 0 Å². The fourth-order valence-corrected chi connectivity index (χ4v) is 0.163. The van der Waals surface area contributed by atoms with Crippen LogP contribution in [-0.4, -0.2) is 27.6 Å². The van der Waals surface area contributed by atoms with Crippen LogP contribution >= 0.6 is 0 Å². The van der Waals surface area contributed by atoms with Gasteiger partial charge >= 0.3 is 5.97 Å². The van der Waals surface area contributed by atoms with Crippen LogP contribution in [0.15, 0.2) is 0 Å². The average Bonchev–Trinajstić information content (AvgIpc) is 1.98. The first-order valence-electron chi connectivity index (χ1n) is 4.55. The normalized spacial score (nSPS) is 26.2. The minimum atomic E-state index is -3.49. The van der Waals surface area contributed by atoms with Crippen molar-refractivity contribution in [2.45, 2.75) is 19.3 Å². The predicted molar refractivity (Wildman–Crippen MR) is 28.9 cm³/mol. The van der Waals surface area contributed by atoms with E-state index >= 15 is 0 Å². The second kappa shape index (κ2) is 2.14. The zero-order valence-corrected chi connectivity index (χ0v) is 4.29. The number of carbonyl (C=O) groups excluding carboxylic acids is 1. The van der Waals surface area contributed by atoms with E-state index < -0.39 is 31.1 Å². The largest absolute Gasteiger partial charge is 0.475 e. The molecule has 9 heavy (non-hydrogen) atoms. The highest BCUT2D eigenvalue weighted by molar-refractivity contribution is 6.35. The highest BCUT2D eigenvalue weighted by Crippen LogP contribution is 2.01. The number of hydrogen-bond donors (Lipinski definition) is 2. The Morgan fingerprint density at radius 3 is 2.33 bits per heavy atom. The molecule has 1 unspecified atom stereocenters. The van der Waals surface area contributed by atoms with Gasteiger partial charge in [0.05, 0.1) is 0 Å². The lowest BCUT2D eigenvalue weighted by molar-refractivity contribution is -0.156. The lowest BCUT2D eigenvalue weighted by Crippen LogP contribution is -2.36. The van der Waals surface area contributed by atoms with E-state index in [1.54, 1.807) is 0 Å². The van der Waals surface area contributed by atoms with Crippen LogP contribution in [-0.2, 0) is 9.59 Å². The van der Waals surface area contributed by atoms with Crippen LogP contribution in [0.3, 0.4) is 0 Å². The number of aliphatic hydroxyl groups is 1. The molecule has 4 nitrogen and oxygen atoms in total. The van der Waals surface area contributed by atoms with Crippen molar-refractivity contribution in [3.8, 4) is 0 Å². The van der Waals surface area contributed by atoms with Crippen molar-refractivity contribution < 1.29 is 26.7 Å². The first kappa shape index (κ1) is 2.79. The van der Waals surface area contributed by atoms with Gasteiger partial charge in [-0.2, -0.15) is 0 Å². The maximum atomic E-state index is 10.8. The van der Waals surface area contributed by atoms with E-state index in [2.05, 4.69) is 0 Å². The number of carboxylic acids is 1. The molecular formula is C5H8O4. The lowest BCUT2D eigenvalue weighted by atomic mass is 10.1. The molecule has 4 heteroatoms. The van der Waals surface area contributed by atoms with Crippen molar-refractivity contribution in [3.05, 3.63) is 0 Å². The molecule has 0 spiro atoms. The summed E-state index contributed by atoms with van der Waals surface area (Å²) in [6.07, 6.45) is 0. The monoisotopic (exact) mass is 138 g/mol. The third kappa shape index (κ3) is 2.23. The Morgan fingerprint density at radius 2 is 2.22 bits per heavy atom. The Labute approximate surface area is 59.1 Å². The van der Waals surface area contributed by atoms with E-state index in [0.717, 1.165) is 0 Å². The lowest BCUT2D eigenvalue weighted by Gasteiger charge is -2.10. The number of ketones is 1. The Bertz CT molecular complexity index is 259. The fraction of sp³-hybridized carbons (Fsp3) is 0.600. The maximum absolute atomic E-state index is 10.8. The smallest absolute Gasteiger partial charge is 0.375 e. The standard InChI is InChI=1S/C5H8O4/c1-5(2,9)3(6)4(7)8/h9H,1-2H3,(H,7,8)/i1D3,2+1D2. The third-order valence-electron chi connectivity index (χ3n) is 0.540. The Hall–Kier alpha value is -0.900. The van der Waals surface area contributed by atoms with Crippen LogP contribution < -0.4 is 0 Å². The van der Waals surface area contributed by atoms with Crippen LogP contribution in [0.1, 0.15) is 20.6 Å². The minimum Gasteiger partial charge on any atom is -0.475 e. The summed E-state index contributed by atoms with van der Waals surface area (Å²) in [7, 11) is 0. The third-order valence-corrected chi connectivity index (χ3v) is 0.540. The van der Waals surface area contributed by atoms with Crippen molar-refractivity contribution in [1.29, 1.82) is 0 Å². The van der Waals surface area contributed by atoms with E-state index in [9.17, 15) is 14.7 Å². The molecule has 0 aromatic heterocycles. The fourth-order valence-electron chi connectivity index (χ4n) is 0.163. The first-order valence-corrected chi connectivity index (χ1v) is 1.89. The Balaban J connectivity index is 5.34. The molecule has 1 atom stereocenters. The van der Waals surface area contributed by atoms with Crippen molar-refractivity contribution >= 4 is 11.8 Å².